The van der Waals surface area contributed by atoms with Crippen molar-refractivity contribution in [1.29, 1.82) is 0 Å². The second kappa shape index (κ2) is 7.12. The third kappa shape index (κ3) is 4.53. The van der Waals surface area contributed by atoms with E-state index in [2.05, 4.69) is 24.1 Å². The van der Waals surface area contributed by atoms with E-state index in [1.807, 2.05) is 18.3 Å². The summed E-state index contributed by atoms with van der Waals surface area (Å²) >= 11 is 0. The average Bonchev–Trinajstić information content (AvgIpc) is 2.30. The Kier molecular flexibility index (Phi) is 5.72. The second-order valence-electron chi connectivity index (χ2n) is 3.90. The fourth-order valence-electron chi connectivity index (χ4n) is 1.44. The van der Waals surface area contributed by atoms with Crippen molar-refractivity contribution in [2.24, 2.45) is 0 Å². The van der Waals surface area contributed by atoms with Gasteiger partial charge in [-0.25, -0.2) is 0 Å². The highest BCUT2D eigenvalue weighted by molar-refractivity contribution is 5.82. The van der Waals surface area contributed by atoms with Crippen LogP contribution < -0.4 is 5.32 Å². The summed E-state index contributed by atoms with van der Waals surface area (Å²) in [6, 6.07) is 3.98. The Hall–Kier alpha value is -1.22. The minimum Gasteiger partial charge on any atom is -0.310 e. The Balaban J connectivity index is 2.37. The van der Waals surface area contributed by atoms with Crippen LogP contribution in [-0.4, -0.2) is 23.9 Å². The van der Waals surface area contributed by atoms with Gasteiger partial charge in [0.2, 0.25) is 0 Å². The molecule has 0 bridgehead atoms. The van der Waals surface area contributed by atoms with E-state index in [1.165, 1.54) is 5.56 Å². The fourth-order valence-corrected chi connectivity index (χ4v) is 1.44. The lowest BCUT2D eigenvalue weighted by molar-refractivity contribution is -0.117. The maximum Gasteiger partial charge on any atom is 0.152 e. The molecule has 1 aromatic rings. The quantitative estimate of drug-likeness (QED) is 0.712. The summed E-state index contributed by atoms with van der Waals surface area (Å²) in [6.45, 7) is 5.53. The fraction of sp³-hybridized carbons (Fsp3) is 0.538. The molecule has 0 aliphatic carbocycles. The highest BCUT2D eigenvalue weighted by Gasteiger charge is 2.03. The van der Waals surface area contributed by atoms with Crippen LogP contribution in [0.3, 0.4) is 0 Å². The van der Waals surface area contributed by atoms with Crippen molar-refractivity contribution in [3.63, 3.8) is 0 Å². The van der Waals surface area contributed by atoms with Crippen molar-refractivity contribution < 1.29 is 4.79 Å². The van der Waals surface area contributed by atoms with E-state index in [1.54, 1.807) is 0 Å². The monoisotopic (exact) mass is 220 g/mol. The van der Waals surface area contributed by atoms with Gasteiger partial charge < -0.3 is 5.32 Å². The number of nitrogens with one attached hydrogen (secondary N) is 1. The van der Waals surface area contributed by atoms with E-state index in [0.29, 0.717) is 13.0 Å². The largest absolute Gasteiger partial charge is 0.310 e. The molecular formula is C13H20N2O. The van der Waals surface area contributed by atoms with E-state index in [4.69, 9.17) is 0 Å². The van der Waals surface area contributed by atoms with E-state index in [9.17, 15) is 4.79 Å². The first kappa shape index (κ1) is 12.8. The molecule has 1 rings (SSSR count). The van der Waals surface area contributed by atoms with Crippen LogP contribution in [0.2, 0.25) is 0 Å². The van der Waals surface area contributed by atoms with Crippen LogP contribution in [0.15, 0.2) is 18.3 Å². The summed E-state index contributed by atoms with van der Waals surface area (Å²) in [5.41, 5.74) is 2.07. The lowest BCUT2D eigenvalue weighted by atomic mass is 10.1. The predicted molar refractivity (Wildman–Crippen MR) is 65.5 cm³/mol. The smallest absolute Gasteiger partial charge is 0.152 e. The molecule has 0 atom stereocenters. The summed E-state index contributed by atoms with van der Waals surface area (Å²) < 4.78 is 0. The van der Waals surface area contributed by atoms with Crippen LogP contribution >= 0.6 is 0 Å². The maximum absolute atomic E-state index is 11.5. The molecule has 88 valence electrons. The Morgan fingerprint density at radius 1 is 1.38 bits per heavy atom. The summed E-state index contributed by atoms with van der Waals surface area (Å²) in [5, 5.41) is 3.10. The summed E-state index contributed by atoms with van der Waals surface area (Å²) in [7, 11) is 0. The molecule has 3 nitrogen and oxygen atoms in total. The molecule has 1 N–H and O–H groups in total. The standard InChI is InChI=1S/C13H20N2O/c1-3-7-14-10-13(16)8-12-6-5-11(4-2)9-15-12/h5-6,9,14H,3-4,7-8,10H2,1-2H3. The first-order chi connectivity index (χ1) is 7.76. The molecule has 0 unspecified atom stereocenters. The summed E-state index contributed by atoms with van der Waals surface area (Å²) in [5.74, 6) is 0.199. The van der Waals surface area contributed by atoms with Crippen molar-refractivity contribution in [2.75, 3.05) is 13.1 Å². The van der Waals surface area contributed by atoms with Gasteiger partial charge in [-0.05, 0) is 31.0 Å². The van der Waals surface area contributed by atoms with E-state index < -0.39 is 0 Å². The number of nitrogens with zero attached hydrogens (tertiary/aromatic N) is 1. The van der Waals surface area contributed by atoms with Gasteiger partial charge >= 0.3 is 0 Å². The number of Topliss-reactive ketones (excluding diaryl/α,β-unsaturated/α-hetero) is 1. The van der Waals surface area contributed by atoms with E-state index in [0.717, 1.165) is 25.1 Å². The lowest BCUT2D eigenvalue weighted by Crippen LogP contribution is -2.25. The molecule has 0 fully saturated rings. The molecule has 1 heterocycles. The number of aromatic nitrogens is 1. The van der Waals surface area contributed by atoms with Gasteiger partial charge in [0.15, 0.2) is 5.78 Å². The van der Waals surface area contributed by atoms with Crippen molar-refractivity contribution in [1.82, 2.24) is 10.3 Å². The number of aryl methyl sites for hydroxylation is 1. The molecule has 1 aromatic heterocycles. The molecule has 0 aliphatic rings. The second-order valence-corrected chi connectivity index (χ2v) is 3.90. The van der Waals surface area contributed by atoms with Gasteiger partial charge in [-0.3, -0.25) is 9.78 Å². The molecule has 3 heteroatoms. The molecule has 0 aliphatic heterocycles. The van der Waals surface area contributed by atoms with E-state index in [-0.39, 0.29) is 5.78 Å². The van der Waals surface area contributed by atoms with Crippen LogP contribution in [0.4, 0.5) is 0 Å². The van der Waals surface area contributed by atoms with Gasteiger partial charge in [-0.2, -0.15) is 0 Å². The normalized spacial score (nSPS) is 10.4. The van der Waals surface area contributed by atoms with Crippen molar-refractivity contribution in [2.45, 2.75) is 33.1 Å². The predicted octanol–water partition coefficient (Wildman–Crippen LogP) is 1.76. The van der Waals surface area contributed by atoms with Gasteiger partial charge in [0.05, 0.1) is 13.0 Å². The van der Waals surface area contributed by atoms with Gasteiger partial charge in [-0.15, -0.1) is 0 Å². The third-order valence-electron chi connectivity index (χ3n) is 2.42. The first-order valence-electron chi connectivity index (χ1n) is 5.92. The minimum absolute atomic E-state index is 0.199. The number of carbonyl (C=O) groups is 1. The zero-order valence-corrected chi connectivity index (χ0v) is 10.1. The van der Waals surface area contributed by atoms with Crippen LogP contribution in [0.1, 0.15) is 31.5 Å². The first-order valence-corrected chi connectivity index (χ1v) is 5.92. The van der Waals surface area contributed by atoms with E-state index >= 15 is 0 Å². The highest BCUT2D eigenvalue weighted by Crippen LogP contribution is 2.01. The number of hydrogen-bond acceptors (Lipinski definition) is 3. The number of pyridine rings is 1. The molecular weight excluding hydrogens is 200 g/mol. The Labute approximate surface area is 97.3 Å². The number of rotatable bonds is 7. The Morgan fingerprint density at radius 2 is 2.19 bits per heavy atom. The van der Waals surface area contributed by atoms with Gasteiger partial charge in [-0.1, -0.05) is 19.9 Å². The molecule has 0 saturated heterocycles. The van der Waals surface area contributed by atoms with Crippen molar-refractivity contribution >= 4 is 5.78 Å². The van der Waals surface area contributed by atoms with Crippen molar-refractivity contribution in [3.8, 4) is 0 Å². The van der Waals surface area contributed by atoms with Crippen LogP contribution in [0.5, 0.6) is 0 Å². The lowest BCUT2D eigenvalue weighted by Gasteiger charge is -2.03. The van der Waals surface area contributed by atoms with Crippen LogP contribution in [-0.2, 0) is 17.6 Å². The zero-order valence-electron chi connectivity index (χ0n) is 10.1. The highest BCUT2D eigenvalue weighted by atomic mass is 16.1. The van der Waals surface area contributed by atoms with Crippen LogP contribution in [0, 0.1) is 0 Å². The molecule has 0 spiro atoms. The summed E-state index contributed by atoms with van der Waals surface area (Å²) in [4.78, 5) is 15.8. The molecule has 0 amide bonds. The maximum atomic E-state index is 11.5. The van der Waals surface area contributed by atoms with Crippen molar-refractivity contribution in [3.05, 3.63) is 29.6 Å². The van der Waals surface area contributed by atoms with Gasteiger partial charge in [0.1, 0.15) is 0 Å². The SMILES string of the molecule is CCCNCC(=O)Cc1ccc(CC)cn1. The molecule has 0 saturated carbocycles. The summed E-state index contributed by atoms with van der Waals surface area (Å²) in [6.07, 6.45) is 4.32. The third-order valence-corrected chi connectivity index (χ3v) is 2.42. The van der Waals surface area contributed by atoms with Crippen LogP contribution in [0.25, 0.3) is 0 Å². The topological polar surface area (TPSA) is 42.0 Å². The Morgan fingerprint density at radius 3 is 2.75 bits per heavy atom. The average molecular weight is 220 g/mol. The molecule has 0 radical (unpaired) electrons. The Bertz CT molecular complexity index is 319. The molecule has 16 heavy (non-hydrogen) atoms. The van der Waals surface area contributed by atoms with Gasteiger partial charge in [0.25, 0.3) is 0 Å². The molecule has 0 aromatic carbocycles. The number of carbonyl (C=O) groups excluding carboxylic acids is 1. The van der Waals surface area contributed by atoms with Gasteiger partial charge in [0, 0.05) is 11.9 Å². The minimum atomic E-state index is 0.199. The number of hydrogen-bond donors (Lipinski definition) is 1. The number of ketones is 1. The zero-order chi connectivity index (χ0) is 11.8.